The van der Waals surface area contributed by atoms with Crippen molar-refractivity contribution >= 4 is 34.1 Å². The zero-order valence-electron chi connectivity index (χ0n) is 18.5. The third kappa shape index (κ3) is 3.63. The van der Waals surface area contributed by atoms with Crippen LogP contribution in [-0.4, -0.2) is 52.1 Å². The van der Waals surface area contributed by atoms with Gasteiger partial charge in [0.15, 0.2) is 5.82 Å². The van der Waals surface area contributed by atoms with Gasteiger partial charge >= 0.3 is 6.03 Å². The van der Waals surface area contributed by atoms with E-state index in [4.69, 9.17) is 15.5 Å². The summed E-state index contributed by atoms with van der Waals surface area (Å²) in [6.07, 6.45) is 1.30. The highest BCUT2D eigenvalue weighted by Crippen LogP contribution is 2.37. The van der Waals surface area contributed by atoms with E-state index in [0.29, 0.717) is 31.3 Å². The second-order valence-corrected chi connectivity index (χ2v) is 7.83. The van der Waals surface area contributed by atoms with Crippen molar-refractivity contribution in [1.29, 1.82) is 0 Å². The number of halogens is 2. The third-order valence-corrected chi connectivity index (χ3v) is 5.89. The second-order valence-electron chi connectivity index (χ2n) is 7.83. The van der Waals surface area contributed by atoms with Crippen molar-refractivity contribution in [2.75, 3.05) is 36.1 Å². The largest absolute Gasteiger partial charge is 0.378 e. The van der Waals surface area contributed by atoms with Gasteiger partial charge in [-0.3, -0.25) is 10.00 Å². The van der Waals surface area contributed by atoms with Crippen LogP contribution in [0.3, 0.4) is 0 Å². The Morgan fingerprint density at radius 3 is 2.62 bits per heavy atom. The number of carbonyl (C=O) groups excluding carboxylic acids is 1. The summed E-state index contributed by atoms with van der Waals surface area (Å²) >= 11 is 0. The summed E-state index contributed by atoms with van der Waals surface area (Å²) in [6.45, 7) is 5.43. The number of aromatic nitrogens is 4. The Hall–Kier alpha value is -3.99. The van der Waals surface area contributed by atoms with Gasteiger partial charge in [0.2, 0.25) is 0 Å². The van der Waals surface area contributed by atoms with Gasteiger partial charge in [0.05, 0.1) is 36.1 Å². The maximum atomic E-state index is 14.6. The predicted octanol–water partition coefficient (Wildman–Crippen LogP) is 3.78. The van der Waals surface area contributed by atoms with Crippen LogP contribution in [0.5, 0.6) is 0 Å². The van der Waals surface area contributed by atoms with Crippen molar-refractivity contribution in [2.45, 2.75) is 13.5 Å². The number of fused-ring (bicyclic) bond motifs is 1. The van der Waals surface area contributed by atoms with Crippen molar-refractivity contribution in [3.05, 3.63) is 54.2 Å². The van der Waals surface area contributed by atoms with Crippen LogP contribution in [0.15, 0.2) is 42.6 Å². The van der Waals surface area contributed by atoms with E-state index in [1.807, 2.05) is 29.7 Å². The SMILES string of the molecule is CCn1c(-c2[nH]ncc2N(C(N)=O)c2c(F)cccc2F)nc2cc(N3CCOCC3)ccc21. The van der Waals surface area contributed by atoms with Gasteiger partial charge in [0, 0.05) is 25.3 Å². The van der Waals surface area contributed by atoms with Crippen LogP contribution in [0.25, 0.3) is 22.6 Å². The van der Waals surface area contributed by atoms with Crippen molar-refractivity contribution in [1.82, 2.24) is 19.7 Å². The number of morpholine rings is 1. The number of urea groups is 1. The fraction of sp³-hybridized carbons (Fsp3) is 0.261. The molecular formula is C23H23F2N7O2. The lowest BCUT2D eigenvalue weighted by Crippen LogP contribution is -2.36. The molecule has 0 bridgehead atoms. The molecule has 34 heavy (non-hydrogen) atoms. The summed E-state index contributed by atoms with van der Waals surface area (Å²) < 4.78 is 36.5. The number of benzene rings is 2. The van der Waals surface area contributed by atoms with Gasteiger partial charge < -0.3 is 19.9 Å². The summed E-state index contributed by atoms with van der Waals surface area (Å²) in [6, 6.07) is 8.29. The number of amides is 2. The average molecular weight is 467 g/mol. The predicted molar refractivity (Wildman–Crippen MR) is 124 cm³/mol. The van der Waals surface area contributed by atoms with Crippen molar-refractivity contribution in [2.24, 2.45) is 5.73 Å². The fourth-order valence-corrected chi connectivity index (χ4v) is 4.31. The molecule has 1 saturated heterocycles. The Balaban J connectivity index is 1.64. The number of aromatic amines is 1. The van der Waals surface area contributed by atoms with E-state index in [9.17, 15) is 13.6 Å². The lowest BCUT2D eigenvalue weighted by Gasteiger charge is -2.28. The molecule has 9 nitrogen and oxygen atoms in total. The van der Waals surface area contributed by atoms with Gasteiger partial charge in [-0.15, -0.1) is 0 Å². The van der Waals surface area contributed by atoms with E-state index in [-0.39, 0.29) is 5.69 Å². The molecule has 1 aliphatic heterocycles. The zero-order valence-corrected chi connectivity index (χ0v) is 18.5. The van der Waals surface area contributed by atoms with Crippen LogP contribution in [0.1, 0.15) is 6.92 Å². The van der Waals surface area contributed by atoms with Crippen molar-refractivity contribution in [3.63, 3.8) is 0 Å². The normalized spacial score (nSPS) is 14.0. The molecule has 3 heterocycles. The zero-order chi connectivity index (χ0) is 23.8. The minimum Gasteiger partial charge on any atom is -0.378 e. The molecule has 0 spiro atoms. The number of aryl methyl sites for hydroxylation is 1. The van der Waals surface area contributed by atoms with Crippen LogP contribution < -0.4 is 15.5 Å². The summed E-state index contributed by atoms with van der Waals surface area (Å²) in [5, 5.41) is 6.85. The van der Waals surface area contributed by atoms with Crippen LogP contribution in [-0.2, 0) is 11.3 Å². The first-order valence-electron chi connectivity index (χ1n) is 10.9. The highest BCUT2D eigenvalue weighted by atomic mass is 19.1. The Morgan fingerprint density at radius 2 is 1.94 bits per heavy atom. The molecule has 5 rings (SSSR count). The number of nitrogens with two attached hydrogens (primary N) is 1. The summed E-state index contributed by atoms with van der Waals surface area (Å²) in [5.74, 6) is -1.39. The number of primary amides is 1. The number of imidazole rings is 1. The monoisotopic (exact) mass is 467 g/mol. The van der Waals surface area contributed by atoms with Crippen LogP contribution >= 0.6 is 0 Å². The number of para-hydroxylation sites is 1. The summed E-state index contributed by atoms with van der Waals surface area (Å²) in [7, 11) is 0. The van der Waals surface area contributed by atoms with Gasteiger partial charge in [-0.25, -0.2) is 18.6 Å². The molecule has 2 amide bonds. The highest BCUT2D eigenvalue weighted by Gasteiger charge is 2.28. The Labute approximate surface area is 193 Å². The summed E-state index contributed by atoms with van der Waals surface area (Å²) in [4.78, 5) is 20.1. The third-order valence-electron chi connectivity index (χ3n) is 5.89. The molecule has 0 saturated carbocycles. The molecule has 2 aromatic carbocycles. The number of nitrogens with zero attached hydrogens (tertiary/aromatic N) is 5. The van der Waals surface area contributed by atoms with E-state index in [0.717, 1.165) is 46.8 Å². The van der Waals surface area contributed by atoms with Gasteiger partial charge in [-0.05, 0) is 37.3 Å². The molecule has 1 fully saturated rings. The number of hydrogen-bond donors (Lipinski definition) is 2. The smallest absolute Gasteiger partial charge is 0.324 e. The molecular weight excluding hydrogens is 444 g/mol. The van der Waals surface area contributed by atoms with Gasteiger partial charge in [-0.1, -0.05) is 6.07 Å². The first-order valence-corrected chi connectivity index (χ1v) is 10.9. The second kappa shape index (κ2) is 8.75. The van der Waals surface area contributed by atoms with Gasteiger partial charge in [0.1, 0.15) is 23.0 Å². The first-order chi connectivity index (χ1) is 16.5. The van der Waals surface area contributed by atoms with Gasteiger partial charge in [-0.2, -0.15) is 5.10 Å². The summed E-state index contributed by atoms with van der Waals surface area (Å²) in [5.41, 5.74) is 8.03. The fourth-order valence-electron chi connectivity index (χ4n) is 4.31. The Kier molecular flexibility index (Phi) is 5.62. The number of ether oxygens (including phenoxy) is 1. The molecule has 0 radical (unpaired) electrons. The molecule has 2 aromatic heterocycles. The molecule has 1 aliphatic rings. The Bertz CT molecular complexity index is 1340. The number of anilines is 3. The number of hydrogen-bond acceptors (Lipinski definition) is 5. The van der Waals surface area contributed by atoms with Crippen LogP contribution in [0, 0.1) is 11.6 Å². The minimum absolute atomic E-state index is 0.0925. The molecule has 0 unspecified atom stereocenters. The van der Waals surface area contributed by atoms with E-state index in [2.05, 4.69) is 15.1 Å². The molecule has 0 aliphatic carbocycles. The quantitative estimate of drug-likeness (QED) is 0.465. The first kappa shape index (κ1) is 21.8. The van der Waals surface area contributed by atoms with Gasteiger partial charge in [0.25, 0.3) is 0 Å². The minimum atomic E-state index is -1.06. The maximum absolute atomic E-state index is 14.6. The van der Waals surface area contributed by atoms with E-state index >= 15 is 0 Å². The van der Waals surface area contributed by atoms with Crippen molar-refractivity contribution < 1.29 is 18.3 Å². The standard InChI is InChI=1S/C23H23F2N7O2/c1-2-31-18-7-6-14(30-8-10-34-11-9-30)12-17(18)28-22(31)20-19(13-27-29-20)32(23(26)33)21-15(24)4-3-5-16(21)25/h3-7,12-13H,2,8-11H2,1H3,(H2,26,33)(H,27,29). The number of H-pyrrole nitrogens is 1. The van der Waals surface area contributed by atoms with E-state index in [1.54, 1.807) is 0 Å². The molecule has 4 aromatic rings. The lowest BCUT2D eigenvalue weighted by molar-refractivity contribution is 0.122. The number of carbonyl (C=O) groups is 1. The molecule has 3 N–H and O–H groups in total. The number of rotatable bonds is 5. The molecule has 176 valence electrons. The molecule has 0 atom stereocenters. The van der Waals surface area contributed by atoms with E-state index < -0.39 is 23.4 Å². The van der Waals surface area contributed by atoms with Crippen LogP contribution in [0.4, 0.5) is 30.6 Å². The van der Waals surface area contributed by atoms with E-state index in [1.165, 1.54) is 12.3 Å². The van der Waals surface area contributed by atoms with Crippen LogP contribution in [0.2, 0.25) is 0 Å². The highest BCUT2D eigenvalue weighted by molar-refractivity contribution is 6.02. The Morgan fingerprint density at radius 1 is 1.21 bits per heavy atom. The maximum Gasteiger partial charge on any atom is 0.324 e. The topological polar surface area (TPSA) is 105 Å². The van der Waals surface area contributed by atoms with Crippen molar-refractivity contribution in [3.8, 4) is 11.5 Å². The number of nitrogens with one attached hydrogen (secondary N) is 1. The molecule has 11 heteroatoms. The average Bonchev–Trinajstić information content (AvgIpc) is 3.45. The lowest BCUT2D eigenvalue weighted by atomic mass is 10.2.